The largest absolute Gasteiger partial charge is 0.462 e. The van der Waals surface area contributed by atoms with Gasteiger partial charge in [-0.25, -0.2) is 0 Å². The molecule has 1 unspecified atom stereocenters. The number of para-hydroxylation sites is 1. The first-order valence-electron chi connectivity index (χ1n) is 8.64. The summed E-state index contributed by atoms with van der Waals surface area (Å²) in [7, 11) is 0. The van der Waals surface area contributed by atoms with Crippen LogP contribution < -0.4 is 4.74 Å². The van der Waals surface area contributed by atoms with Crippen molar-refractivity contribution in [1.29, 1.82) is 0 Å². The van der Waals surface area contributed by atoms with E-state index in [1.54, 1.807) is 12.1 Å². The van der Waals surface area contributed by atoms with E-state index >= 15 is 0 Å². The number of rotatable bonds is 5. The van der Waals surface area contributed by atoms with Crippen molar-refractivity contribution in [3.05, 3.63) is 65.2 Å². The fraction of sp³-hybridized carbons (Fsp3) is 0.333. The van der Waals surface area contributed by atoms with Crippen LogP contribution in [0.2, 0.25) is 0 Å². The molecule has 27 heavy (non-hydrogen) atoms. The maximum atomic E-state index is 10.2. The predicted molar refractivity (Wildman–Crippen MR) is 98.0 cm³/mol. The van der Waals surface area contributed by atoms with Gasteiger partial charge in [-0.1, -0.05) is 36.3 Å². The molecule has 1 aliphatic heterocycles. The van der Waals surface area contributed by atoms with Crippen molar-refractivity contribution >= 4 is 0 Å². The molecule has 0 spiro atoms. The number of ether oxygens (including phenoxy) is 2. The third-order valence-electron chi connectivity index (χ3n) is 4.58. The highest BCUT2D eigenvalue weighted by Crippen LogP contribution is 2.27. The van der Waals surface area contributed by atoms with E-state index in [1.807, 2.05) is 36.4 Å². The molecular weight excluding hydrogens is 348 g/mol. The number of aliphatic hydroxyl groups excluding tert-OH is 4. The fourth-order valence-electron chi connectivity index (χ4n) is 2.99. The standard InChI is InChI=1S/C21H22O6/c1-2-13-7-9-14(10-8-13)11-15-5-3-4-6-16(15)26-21-20(25)19(24)18(23)17(12-22)27-21/h1,3-10,17-25H,11-12H2/t17-,18-,19?,20-,21-/m1/s1. The van der Waals surface area contributed by atoms with E-state index in [4.69, 9.17) is 15.9 Å². The van der Waals surface area contributed by atoms with E-state index in [-0.39, 0.29) is 0 Å². The van der Waals surface area contributed by atoms with Crippen molar-refractivity contribution in [1.82, 2.24) is 0 Å². The van der Waals surface area contributed by atoms with E-state index < -0.39 is 37.3 Å². The van der Waals surface area contributed by atoms with E-state index in [2.05, 4.69) is 5.92 Å². The minimum atomic E-state index is -1.48. The van der Waals surface area contributed by atoms with Crippen molar-refractivity contribution in [2.24, 2.45) is 0 Å². The van der Waals surface area contributed by atoms with Crippen LogP contribution in [-0.4, -0.2) is 57.7 Å². The topological polar surface area (TPSA) is 99.4 Å². The van der Waals surface area contributed by atoms with Crippen LogP contribution in [0, 0.1) is 12.3 Å². The molecule has 0 aromatic heterocycles. The van der Waals surface area contributed by atoms with Crippen LogP contribution in [0.25, 0.3) is 0 Å². The molecule has 2 aromatic rings. The molecule has 1 saturated heterocycles. The Morgan fingerprint density at radius 3 is 2.33 bits per heavy atom. The van der Waals surface area contributed by atoms with E-state index in [1.165, 1.54) is 0 Å². The lowest BCUT2D eigenvalue weighted by molar-refractivity contribution is -0.277. The second-order valence-electron chi connectivity index (χ2n) is 6.44. The zero-order valence-electron chi connectivity index (χ0n) is 14.6. The Hall–Kier alpha value is -2.40. The molecule has 1 heterocycles. The van der Waals surface area contributed by atoms with Gasteiger partial charge in [-0.05, 0) is 29.3 Å². The van der Waals surface area contributed by atoms with Gasteiger partial charge in [-0.3, -0.25) is 0 Å². The Kier molecular flexibility index (Phi) is 6.11. The molecule has 0 bridgehead atoms. The quantitative estimate of drug-likeness (QED) is 0.570. The van der Waals surface area contributed by atoms with Gasteiger partial charge in [0.25, 0.3) is 0 Å². The van der Waals surface area contributed by atoms with Crippen LogP contribution >= 0.6 is 0 Å². The van der Waals surface area contributed by atoms with Crippen LogP contribution in [0.5, 0.6) is 5.75 Å². The minimum Gasteiger partial charge on any atom is -0.462 e. The summed E-state index contributed by atoms with van der Waals surface area (Å²) >= 11 is 0. The van der Waals surface area contributed by atoms with E-state index in [0.717, 1.165) is 16.7 Å². The lowest BCUT2D eigenvalue weighted by atomic mass is 9.99. The SMILES string of the molecule is C#Cc1ccc(Cc2ccccc2O[C@@H]2O[C@H](CO)[C@@H](O)C(O)[C@H]2O)cc1. The van der Waals surface area contributed by atoms with Crippen LogP contribution in [0.4, 0.5) is 0 Å². The highest BCUT2D eigenvalue weighted by molar-refractivity contribution is 5.40. The first-order valence-corrected chi connectivity index (χ1v) is 8.64. The van der Waals surface area contributed by atoms with Gasteiger partial charge in [0.05, 0.1) is 6.61 Å². The van der Waals surface area contributed by atoms with Gasteiger partial charge in [0, 0.05) is 12.0 Å². The van der Waals surface area contributed by atoms with Crippen molar-refractivity contribution in [3.63, 3.8) is 0 Å². The van der Waals surface area contributed by atoms with Crippen LogP contribution in [0.3, 0.4) is 0 Å². The molecule has 4 N–H and O–H groups in total. The Morgan fingerprint density at radius 2 is 1.67 bits per heavy atom. The molecule has 1 aliphatic rings. The van der Waals surface area contributed by atoms with E-state index in [9.17, 15) is 20.4 Å². The zero-order chi connectivity index (χ0) is 19.4. The summed E-state index contributed by atoms with van der Waals surface area (Å²) in [5.74, 6) is 3.05. The molecular formula is C21H22O6. The molecule has 0 aliphatic carbocycles. The van der Waals surface area contributed by atoms with Gasteiger partial charge < -0.3 is 29.9 Å². The highest BCUT2D eigenvalue weighted by Gasteiger charge is 2.44. The first kappa shape index (κ1) is 19.4. The lowest BCUT2D eigenvalue weighted by Gasteiger charge is -2.39. The summed E-state index contributed by atoms with van der Waals surface area (Å²) in [5.41, 5.74) is 2.67. The molecule has 0 radical (unpaired) electrons. The molecule has 6 nitrogen and oxygen atoms in total. The second-order valence-corrected chi connectivity index (χ2v) is 6.44. The van der Waals surface area contributed by atoms with Crippen molar-refractivity contribution in [3.8, 4) is 18.1 Å². The molecule has 5 atom stereocenters. The zero-order valence-corrected chi connectivity index (χ0v) is 14.6. The normalized spacial score (nSPS) is 27.7. The number of benzene rings is 2. The van der Waals surface area contributed by atoms with Crippen LogP contribution in [-0.2, 0) is 11.2 Å². The summed E-state index contributed by atoms with van der Waals surface area (Å²) in [6, 6.07) is 14.8. The molecule has 1 fully saturated rings. The summed E-state index contributed by atoms with van der Waals surface area (Å²) in [5, 5.41) is 39.2. The Labute approximate surface area is 157 Å². The Morgan fingerprint density at radius 1 is 0.963 bits per heavy atom. The maximum absolute atomic E-state index is 10.2. The summed E-state index contributed by atoms with van der Waals surface area (Å²) in [4.78, 5) is 0. The monoisotopic (exact) mass is 370 g/mol. The van der Waals surface area contributed by atoms with Gasteiger partial charge in [0.15, 0.2) is 0 Å². The Bertz CT molecular complexity index is 795. The van der Waals surface area contributed by atoms with Crippen molar-refractivity contribution < 1.29 is 29.9 Å². The average molecular weight is 370 g/mol. The molecule has 0 amide bonds. The molecule has 142 valence electrons. The highest BCUT2D eigenvalue weighted by atomic mass is 16.7. The lowest BCUT2D eigenvalue weighted by Crippen LogP contribution is -2.60. The summed E-state index contributed by atoms with van der Waals surface area (Å²) < 4.78 is 11.2. The molecule has 3 rings (SSSR count). The van der Waals surface area contributed by atoms with Gasteiger partial charge >= 0.3 is 0 Å². The van der Waals surface area contributed by atoms with Gasteiger partial charge in [-0.15, -0.1) is 6.42 Å². The van der Waals surface area contributed by atoms with Crippen molar-refractivity contribution in [2.75, 3.05) is 6.61 Å². The van der Waals surface area contributed by atoms with Crippen LogP contribution in [0.1, 0.15) is 16.7 Å². The average Bonchev–Trinajstić information content (AvgIpc) is 2.70. The first-order chi connectivity index (χ1) is 13.0. The van der Waals surface area contributed by atoms with Gasteiger partial charge in [0.2, 0.25) is 6.29 Å². The molecule has 6 heteroatoms. The van der Waals surface area contributed by atoms with Crippen LogP contribution in [0.15, 0.2) is 48.5 Å². The predicted octanol–water partition coefficient (Wildman–Crippen LogP) is 0.437. The van der Waals surface area contributed by atoms with Gasteiger partial charge in [-0.2, -0.15) is 0 Å². The number of hydrogen-bond donors (Lipinski definition) is 4. The fourth-order valence-corrected chi connectivity index (χ4v) is 2.99. The molecule has 2 aromatic carbocycles. The summed E-state index contributed by atoms with van der Waals surface area (Å²) in [6.07, 6.45) is -0.649. The minimum absolute atomic E-state index is 0.475. The third kappa shape index (κ3) is 4.30. The number of terminal acetylenes is 1. The van der Waals surface area contributed by atoms with Crippen molar-refractivity contribution in [2.45, 2.75) is 37.1 Å². The smallest absolute Gasteiger partial charge is 0.229 e. The number of hydrogen-bond acceptors (Lipinski definition) is 6. The van der Waals surface area contributed by atoms with Gasteiger partial charge in [0.1, 0.15) is 30.2 Å². The second kappa shape index (κ2) is 8.53. The third-order valence-corrected chi connectivity index (χ3v) is 4.58. The Balaban J connectivity index is 1.78. The van der Waals surface area contributed by atoms with E-state index in [0.29, 0.717) is 12.2 Å². The maximum Gasteiger partial charge on any atom is 0.229 e. The number of aliphatic hydroxyl groups is 4. The summed E-state index contributed by atoms with van der Waals surface area (Å²) in [6.45, 7) is -0.506. The molecule has 0 saturated carbocycles.